The average molecular weight is 267 g/mol. The molecule has 0 aromatic rings. The first-order valence-electron chi connectivity index (χ1n) is 7.77. The molecule has 0 radical (unpaired) electrons. The summed E-state index contributed by atoms with van der Waals surface area (Å²) in [6.45, 7) is 4.88. The SMILES string of the molecule is CC1CN(C)CCC1NC(=O)C1(CN)CCCCC1. The number of likely N-dealkylation sites (tertiary alicyclic amines) is 1. The van der Waals surface area contributed by atoms with Crippen LogP contribution < -0.4 is 11.1 Å². The average Bonchev–Trinajstić information content (AvgIpc) is 2.42. The summed E-state index contributed by atoms with van der Waals surface area (Å²) < 4.78 is 0. The minimum atomic E-state index is -0.276. The predicted octanol–water partition coefficient (Wildman–Crippen LogP) is 1.35. The predicted molar refractivity (Wildman–Crippen MR) is 77.8 cm³/mol. The molecular weight excluding hydrogens is 238 g/mol. The zero-order valence-electron chi connectivity index (χ0n) is 12.5. The highest BCUT2D eigenvalue weighted by atomic mass is 16.2. The number of nitrogens with one attached hydrogen (secondary N) is 1. The van der Waals surface area contributed by atoms with Crippen molar-refractivity contribution < 1.29 is 4.79 Å². The molecule has 19 heavy (non-hydrogen) atoms. The third-order valence-corrected chi connectivity index (χ3v) is 5.11. The normalized spacial score (nSPS) is 31.9. The molecular formula is C15H29N3O. The molecule has 4 nitrogen and oxygen atoms in total. The third kappa shape index (κ3) is 3.29. The van der Waals surface area contributed by atoms with Crippen LogP contribution in [0.4, 0.5) is 0 Å². The maximum atomic E-state index is 12.6. The molecule has 1 heterocycles. The number of hydrogen-bond acceptors (Lipinski definition) is 3. The zero-order valence-corrected chi connectivity index (χ0v) is 12.5. The molecule has 0 aromatic carbocycles. The zero-order chi connectivity index (χ0) is 13.9. The van der Waals surface area contributed by atoms with Gasteiger partial charge in [-0.1, -0.05) is 26.2 Å². The quantitative estimate of drug-likeness (QED) is 0.811. The lowest BCUT2D eigenvalue weighted by Gasteiger charge is -2.40. The Hall–Kier alpha value is -0.610. The fourth-order valence-electron chi connectivity index (χ4n) is 3.64. The van der Waals surface area contributed by atoms with Gasteiger partial charge in [-0.3, -0.25) is 4.79 Å². The van der Waals surface area contributed by atoms with Crippen molar-refractivity contribution in [3.8, 4) is 0 Å². The molecule has 1 aliphatic carbocycles. The fourth-order valence-corrected chi connectivity index (χ4v) is 3.64. The number of piperidine rings is 1. The van der Waals surface area contributed by atoms with E-state index in [0.29, 0.717) is 18.5 Å². The summed E-state index contributed by atoms with van der Waals surface area (Å²) in [4.78, 5) is 15.0. The molecule has 1 saturated heterocycles. The molecule has 2 atom stereocenters. The van der Waals surface area contributed by atoms with Gasteiger partial charge in [-0.25, -0.2) is 0 Å². The van der Waals surface area contributed by atoms with E-state index in [2.05, 4.69) is 24.2 Å². The van der Waals surface area contributed by atoms with E-state index in [1.54, 1.807) is 0 Å². The number of carbonyl (C=O) groups excluding carboxylic acids is 1. The molecule has 1 aliphatic heterocycles. The maximum absolute atomic E-state index is 12.6. The molecule has 0 bridgehead atoms. The second-order valence-corrected chi connectivity index (χ2v) is 6.65. The van der Waals surface area contributed by atoms with Crippen molar-refractivity contribution in [3.05, 3.63) is 0 Å². The van der Waals surface area contributed by atoms with Gasteiger partial charge in [0.05, 0.1) is 5.41 Å². The van der Waals surface area contributed by atoms with Crippen molar-refractivity contribution >= 4 is 5.91 Å². The Morgan fingerprint density at radius 2 is 2.05 bits per heavy atom. The van der Waals surface area contributed by atoms with Gasteiger partial charge in [0.25, 0.3) is 0 Å². The van der Waals surface area contributed by atoms with E-state index in [4.69, 9.17) is 5.73 Å². The topological polar surface area (TPSA) is 58.4 Å². The van der Waals surface area contributed by atoms with E-state index in [9.17, 15) is 4.79 Å². The van der Waals surface area contributed by atoms with Crippen molar-refractivity contribution in [2.24, 2.45) is 17.1 Å². The van der Waals surface area contributed by atoms with E-state index in [1.165, 1.54) is 6.42 Å². The minimum absolute atomic E-state index is 0.219. The Labute approximate surface area is 117 Å². The molecule has 0 aromatic heterocycles. The number of carbonyl (C=O) groups is 1. The standard InChI is InChI=1S/C15H29N3O/c1-12-10-18(2)9-6-13(12)17-14(19)15(11-16)7-4-3-5-8-15/h12-13H,3-11,16H2,1-2H3,(H,17,19). The summed E-state index contributed by atoms with van der Waals surface area (Å²) in [7, 11) is 2.15. The summed E-state index contributed by atoms with van der Waals surface area (Å²) in [5.74, 6) is 0.747. The fraction of sp³-hybridized carbons (Fsp3) is 0.933. The Morgan fingerprint density at radius 1 is 1.37 bits per heavy atom. The van der Waals surface area contributed by atoms with Gasteiger partial charge in [-0.05, 0) is 38.8 Å². The molecule has 4 heteroatoms. The van der Waals surface area contributed by atoms with E-state index in [1.807, 2.05) is 0 Å². The van der Waals surface area contributed by atoms with E-state index in [-0.39, 0.29) is 11.3 Å². The van der Waals surface area contributed by atoms with Gasteiger partial charge in [0.15, 0.2) is 0 Å². The van der Waals surface area contributed by atoms with E-state index >= 15 is 0 Å². The second kappa shape index (κ2) is 6.23. The van der Waals surface area contributed by atoms with Crippen molar-refractivity contribution in [1.29, 1.82) is 0 Å². The van der Waals surface area contributed by atoms with Gasteiger partial charge in [-0.15, -0.1) is 0 Å². The summed E-state index contributed by atoms with van der Waals surface area (Å²) in [5, 5.41) is 3.31. The molecule has 3 N–H and O–H groups in total. The van der Waals surface area contributed by atoms with Crippen LogP contribution in [-0.2, 0) is 4.79 Å². The van der Waals surface area contributed by atoms with E-state index < -0.39 is 0 Å². The van der Waals surface area contributed by atoms with Crippen LogP contribution in [0.15, 0.2) is 0 Å². The Bertz CT molecular complexity index is 313. The molecule has 110 valence electrons. The van der Waals surface area contributed by atoms with Crippen LogP contribution in [0, 0.1) is 11.3 Å². The van der Waals surface area contributed by atoms with Crippen LogP contribution in [0.2, 0.25) is 0 Å². The number of amides is 1. The molecule has 2 unspecified atom stereocenters. The lowest BCUT2D eigenvalue weighted by Crippen LogP contribution is -2.55. The summed E-state index contributed by atoms with van der Waals surface area (Å²) in [6.07, 6.45) is 6.54. The van der Waals surface area contributed by atoms with Crippen LogP contribution in [-0.4, -0.2) is 43.5 Å². The summed E-state index contributed by atoms with van der Waals surface area (Å²) >= 11 is 0. The Morgan fingerprint density at radius 3 is 2.63 bits per heavy atom. The van der Waals surface area contributed by atoms with Gasteiger partial charge >= 0.3 is 0 Å². The van der Waals surface area contributed by atoms with Gasteiger partial charge in [-0.2, -0.15) is 0 Å². The smallest absolute Gasteiger partial charge is 0.227 e. The van der Waals surface area contributed by atoms with Crippen LogP contribution in [0.3, 0.4) is 0 Å². The lowest BCUT2D eigenvalue weighted by atomic mass is 9.73. The van der Waals surface area contributed by atoms with Crippen molar-refractivity contribution in [2.45, 2.75) is 51.5 Å². The number of rotatable bonds is 3. The van der Waals surface area contributed by atoms with Crippen molar-refractivity contribution in [1.82, 2.24) is 10.2 Å². The van der Waals surface area contributed by atoms with Gasteiger partial charge in [0, 0.05) is 19.1 Å². The molecule has 2 fully saturated rings. The first-order valence-corrected chi connectivity index (χ1v) is 7.77. The molecule has 1 amide bonds. The van der Waals surface area contributed by atoms with Gasteiger partial charge < -0.3 is 16.0 Å². The number of nitrogens with two attached hydrogens (primary N) is 1. The largest absolute Gasteiger partial charge is 0.352 e. The van der Waals surface area contributed by atoms with Crippen LogP contribution in [0.1, 0.15) is 45.4 Å². The monoisotopic (exact) mass is 267 g/mol. The Balaban J connectivity index is 1.95. The van der Waals surface area contributed by atoms with Crippen molar-refractivity contribution in [3.63, 3.8) is 0 Å². The third-order valence-electron chi connectivity index (χ3n) is 5.11. The van der Waals surface area contributed by atoms with Crippen LogP contribution in [0.25, 0.3) is 0 Å². The molecule has 2 aliphatic rings. The maximum Gasteiger partial charge on any atom is 0.227 e. The van der Waals surface area contributed by atoms with Crippen LogP contribution in [0.5, 0.6) is 0 Å². The highest BCUT2D eigenvalue weighted by molar-refractivity contribution is 5.83. The number of hydrogen-bond donors (Lipinski definition) is 2. The summed E-state index contributed by atoms with van der Waals surface area (Å²) in [5.41, 5.74) is 5.66. The highest BCUT2D eigenvalue weighted by Crippen LogP contribution is 2.36. The first kappa shape index (κ1) is 14.8. The molecule has 0 spiro atoms. The number of nitrogens with zero attached hydrogens (tertiary/aromatic N) is 1. The Kier molecular flexibility index (Phi) is 4.85. The summed E-state index contributed by atoms with van der Waals surface area (Å²) in [6, 6.07) is 0.328. The van der Waals surface area contributed by atoms with Crippen LogP contribution >= 0.6 is 0 Å². The minimum Gasteiger partial charge on any atom is -0.352 e. The van der Waals surface area contributed by atoms with Gasteiger partial charge in [0.1, 0.15) is 0 Å². The van der Waals surface area contributed by atoms with E-state index in [0.717, 1.165) is 45.2 Å². The molecule has 2 rings (SSSR count). The first-order chi connectivity index (χ1) is 9.07. The lowest BCUT2D eigenvalue weighted by molar-refractivity contribution is -0.133. The molecule has 1 saturated carbocycles. The van der Waals surface area contributed by atoms with Crippen molar-refractivity contribution in [2.75, 3.05) is 26.7 Å². The second-order valence-electron chi connectivity index (χ2n) is 6.65. The van der Waals surface area contributed by atoms with Gasteiger partial charge in [0.2, 0.25) is 5.91 Å². The highest BCUT2D eigenvalue weighted by Gasteiger charge is 2.39.